The number of anilines is 1. The van der Waals surface area contributed by atoms with Crippen LogP contribution in [0.2, 0.25) is 0 Å². The first kappa shape index (κ1) is 18.8. The van der Waals surface area contributed by atoms with Crippen LogP contribution in [-0.2, 0) is 17.8 Å². The van der Waals surface area contributed by atoms with Crippen LogP contribution in [0.15, 0.2) is 48.5 Å². The summed E-state index contributed by atoms with van der Waals surface area (Å²) in [7, 11) is 0. The van der Waals surface area contributed by atoms with Crippen LogP contribution in [0, 0.1) is 0 Å². The molecule has 134 valence electrons. The van der Waals surface area contributed by atoms with Gasteiger partial charge in [-0.25, -0.2) is 0 Å². The SMILES string of the molecule is CC(C)Oc1ccc(CCNC(=O)CNc2cccc(CO)c2)cc1. The predicted octanol–water partition coefficient (Wildman–Crippen LogP) is 2.74. The molecule has 5 heteroatoms. The number of aliphatic hydroxyl groups is 1. The third kappa shape index (κ3) is 6.85. The first-order chi connectivity index (χ1) is 12.1. The number of ether oxygens (including phenoxy) is 1. The Bertz CT molecular complexity index is 669. The van der Waals surface area contributed by atoms with Crippen LogP contribution in [-0.4, -0.2) is 30.2 Å². The van der Waals surface area contributed by atoms with Crippen molar-refractivity contribution >= 4 is 11.6 Å². The van der Waals surface area contributed by atoms with Gasteiger partial charge in [-0.05, 0) is 55.7 Å². The van der Waals surface area contributed by atoms with Gasteiger partial charge in [-0.1, -0.05) is 24.3 Å². The molecule has 1 amide bonds. The number of amides is 1. The lowest BCUT2D eigenvalue weighted by atomic mass is 10.1. The molecule has 5 nitrogen and oxygen atoms in total. The smallest absolute Gasteiger partial charge is 0.239 e. The summed E-state index contributed by atoms with van der Waals surface area (Å²) in [5.74, 6) is 0.797. The molecule has 2 rings (SSSR count). The largest absolute Gasteiger partial charge is 0.491 e. The van der Waals surface area contributed by atoms with Crippen molar-refractivity contribution < 1.29 is 14.6 Å². The van der Waals surface area contributed by atoms with E-state index in [0.29, 0.717) is 6.54 Å². The molecule has 0 aromatic heterocycles. The molecule has 0 spiro atoms. The number of hydrogen-bond donors (Lipinski definition) is 3. The summed E-state index contributed by atoms with van der Waals surface area (Å²) in [5, 5.41) is 15.1. The van der Waals surface area contributed by atoms with Gasteiger partial charge in [0.25, 0.3) is 0 Å². The Hall–Kier alpha value is -2.53. The van der Waals surface area contributed by atoms with Gasteiger partial charge in [-0.3, -0.25) is 4.79 Å². The van der Waals surface area contributed by atoms with Crippen LogP contribution in [0.3, 0.4) is 0 Å². The number of carbonyl (C=O) groups excluding carboxylic acids is 1. The fourth-order valence-electron chi connectivity index (χ4n) is 2.38. The van der Waals surface area contributed by atoms with E-state index in [2.05, 4.69) is 10.6 Å². The van der Waals surface area contributed by atoms with Gasteiger partial charge in [0.05, 0.1) is 19.3 Å². The molecule has 0 atom stereocenters. The standard InChI is InChI=1S/C20H26N2O3/c1-15(2)25-19-8-6-16(7-9-19)10-11-21-20(24)13-22-18-5-3-4-17(12-18)14-23/h3-9,12,15,22-23H,10-11,13-14H2,1-2H3,(H,21,24). The molecular weight excluding hydrogens is 316 g/mol. The number of carbonyl (C=O) groups is 1. The molecule has 0 fully saturated rings. The maximum atomic E-state index is 11.9. The van der Waals surface area contributed by atoms with Crippen LogP contribution in [0.4, 0.5) is 5.69 Å². The average Bonchev–Trinajstić information content (AvgIpc) is 2.61. The summed E-state index contributed by atoms with van der Waals surface area (Å²) in [4.78, 5) is 11.9. The van der Waals surface area contributed by atoms with E-state index in [1.165, 1.54) is 0 Å². The van der Waals surface area contributed by atoms with Crippen molar-refractivity contribution in [2.45, 2.75) is 33.0 Å². The zero-order valence-corrected chi connectivity index (χ0v) is 14.8. The minimum atomic E-state index is -0.0610. The van der Waals surface area contributed by atoms with Crippen LogP contribution in [0.1, 0.15) is 25.0 Å². The molecule has 0 aliphatic heterocycles. The fourth-order valence-corrected chi connectivity index (χ4v) is 2.38. The highest BCUT2D eigenvalue weighted by Gasteiger charge is 2.03. The van der Waals surface area contributed by atoms with Gasteiger partial charge in [0.15, 0.2) is 0 Å². The van der Waals surface area contributed by atoms with Crippen LogP contribution < -0.4 is 15.4 Å². The monoisotopic (exact) mass is 342 g/mol. The summed E-state index contributed by atoms with van der Waals surface area (Å²) in [6, 6.07) is 15.3. The summed E-state index contributed by atoms with van der Waals surface area (Å²) in [6.07, 6.45) is 0.934. The molecule has 3 N–H and O–H groups in total. The Morgan fingerprint density at radius 3 is 2.56 bits per heavy atom. The second-order valence-electron chi connectivity index (χ2n) is 6.12. The first-order valence-electron chi connectivity index (χ1n) is 8.53. The number of rotatable bonds is 9. The zero-order valence-electron chi connectivity index (χ0n) is 14.8. The summed E-state index contributed by atoms with van der Waals surface area (Å²) >= 11 is 0. The van der Waals surface area contributed by atoms with E-state index >= 15 is 0 Å². The minimum Gasteiger partial charge on any atom is -0.491 e. The van der Waals surface area contributed by atoms with Gasteiger partial charge in [0.2, 0.25) is 5.91 Å². The Balaban J connectivity index is 1.69. The van der Waals surface area contributed by atoms with Gasteiger partial charge in [0, 0.05) is 12.2 Å². The van der Waals surface area contributed by atoms with Crippen LogP contribution in [0.5, 0.6) is 5.75 Å². The lowest BCUT2D eigenvalue weighted by Crippen LogP contribution is -2.31. The topological polar surface area (TPSA) is 70.6 Å². The Labute approximate surface area is 149 Å². The van der Waals surface area contributed by atoms with Crippen molar-refractivity contribution in [2.24, 2.45) is 0 Å². The second-order valence-corrected chi connectivity index (χ2v) is 6.12. The normalized spacial score (nSPS) is 10.6. The number of benzene rings is 2. The predicted molar refractivity (Wildman–Crippen MR) is 99.8 cm³/mol. The first-order valence-corrected chi connectivity index (χ1v) is 8.53. The Morgan fingerprint density at radius 1 is 1.12 bits per heavy atom. The van der Waals surface area contributed by atoms with Crippen LogP contribution >= 0.6 is 0 Å². The summed E-state index contributed by atoms with van der Waals surface area (Å²) < 4.78 is 5.61. The zero-order chi connectivity index (χ0) is 18.1. The molecule has 0 aliphatic rings. The fraction of sp³-hybridized carbons (Fsp3) is 0.350. The number of hydrogen-bond acceptors (Lipinski definition) is 4. The van der Waals surface area contributed by atoms with E-state index in [9.17, 15) is 4.79 Å². The second kappa shape index (κ2) is 9.69. The molecule has 0 saturated carbocycles. The quantitative estimate of drug-likeness (QED) is 0.655. The van der Waals surface area contributed by atoms with E-state index in [-0.39, 0.29) is 25.2 Å². The summed E-state index contributed by atoms with van der Waals surface area (Å²) in [6.45, 7) is 4.77. The van der Waals surface area contributed by atoms with Crippen molar-refractivity contribution in [3.05, 3.63) is 59.7 Å². The molecule has 2 aromatic carbocycles. The molecule has 0 unspecified atom stereocenters. The molecular formula is C20H26N2O3. The average molecular weight is 342 g/mol. The van der Waals surface area contributed by atoms with Crippen molar-refractivity contribution in [3.8, 4) is 5.75 Å². The van der Waals surface area contributed by atoms with Gasteiger partial charge in [-0.2, -0.15) is 0 Å². The maximum Gasteiger partial charge on any atom is 0.239 e. The minimum absolute atomic E-state index is 0.0112. The van der Waals surface area contributed by atoms with E-state index in [1.54, 1.807) is 0 Å². The van der Waals surface area contributed by atoms with Gasteiger partial charge >= 0.3 is 0 Å². The highest BCUT2D eigenvalue weighted by atomic mass is 16.5. The molecule has 0 radical (unpaired) electrons. The number of nitrogens with one attached hydrogen (secondary N) is 2. The Morgan fingerprint density at radius 2 is 1.88 bits per heavy atom. The van der Waals surface area contributed by atoms with Gasteiger partial charge in [-0.15, -0.1) is 0 Å². The molecule has 0 aliphatic carbocycles. The maximum absolute atomic E-state index is 11.9. The highest BCUT2D eigenvalue weighted by molar-refractivity contribution is 5.80. The van der Waals surface area contributed by atoms with Gasteiger partial charge in [0.1, 0.15) is 5.75 Å². The number of aliphatic hydroxyl groups excluding tert-OH is 1. The van der Waals surface area contributed by atoms with Crippen molar-refractivity contribution in [1.29, 1.82) is 0 Å². The van der Waals surface area contributed by atoms with Crippen molar-refractivity contribution in [2.75, 3.05) is 18.4 Å². The van der Waals surface area contributed by atoms with E-state index in [0.717, 1.165) is 29.0 Å². The third-order valence-corrected chi connectivity index (χ3v) is 3.59. The lowest BCUT2D eigenvalue weighted by molar-refractivity contribution is -0.119. The lowest BCUT2D eigenvalue weighted by Gasteiger charge is -2.11. The van der Waals surface area contributed by atoms with E-state index in [4.69, 9.17) is 9.84 Å². The Kier molecular flexibility index (Phi) is 7.29. The van der Waals surface area contributed by atoms with Crippen LogP contribution in [0.25, 0.3) is 0 Å². The highest BCUT2D eigenvalue weighted by Crippen LogP contribution is 2.14. The van der Waals surface area contributed by atoms with E-state index in [1.807, 2.05) is 62.4 Å². The summed E-state index contributed by atoms with van der Waals surface area (Å²) in [5.41, 5.74) is 2.79. The molecule has 25 heavy (non-hydrogen) atoms. The van der Waals surface area contributed by atoms with Gasteiger partial charge < -0.3 is 20.5 Å². The molecule has 0 heterocycles. The van der Waals surface area contributed by atoms with Crippen molar-refractivity contribution in [3.63, 3.8) is 0 Å². The molecule has 0 saturated heterocycles. The molecule has 0 bridgehead atoms. The van der Waals surface area contributed by atoms with E-state index < -0.39 is 0 Å². The molecule has 2 aromatic rings. The third-order valence-electron chi connectivity index (χ3n) is 3.59. The van der Waals surface area contributed by atoms with Crippen molar-refractivity contribution in [1.82, 2.24) is 5.32 Å².